The molecule has 0 bridgehead atoms. The van der Waals surface area contributed by atoms with Gasteiger partial charge in [0.2, 0.25) is 0 Å². The minimum Gasteiger partial charge on any atom is -0.351 e. The largest absolute Gasteiger partial charge is 0.351 e. The van der Waals surface area contributed by atoms with Gasteiger partial charge in [0.05, 0.1) is 0 Å². The van der Waals surface area contributed by atoms with Crippen molar-refractivity contribution in [1.82, 2.24) is 10.6 Å². The van der Waals surface area contributed by atoms with Gasteiger partial charge >= 0.3 is 12.1 Å². The van der Waals surface area contributed by atoms with Gasteiger partial charge in [-0.05, 0) is 6.42 Å². The zero-order chi connectivity index (χ0) is 14.3. The zero-order valence-electron chi connectivity index (χ0n) is 12.2. The number of nitrogens with one attached hydrogen (secondary N) is 2. The van der Waals surface area contributed by atoms with Crippen molar-refractivity contribution in [3.63, 3.8) is 0 Å². The number of imide groups is 1. The summed E-state index contributed by atoms with van der Waals surface area (Å²) < 4.78 is 0. The highest BCUT2D eigenvalue weighted by Crippen LogP contribution is 2.10. The number of hydrogen-bond donors (Lipinski definition) is 3. The molecule has 0 aliphatic carbocycles. The molecule has 0 rings (SSSR count). The molecule has 0 unspecified atom stereocenters. The van der Waals surface area contributed by atoms with Gasteiger partial charge in [-0.1, -0.05) is 64.7 Å². The second-order valence-corrected chi connectivity index (χ2v) is 4.93. The Hall–Kier alpha value is -1.26. The lowest BCUT2D eigenvalue weighted by molar-refractivity contribution is 0.231. The van der Waals surface area contributed by atoms with Gasteiger partial charge in [0.25, 0.3) is 0 Å². The molecule has 0 saturated heterocycles. The monoisotopic (exact) mass is 271 g/mol. The van der Waals surface area contributed by atoms with Crippen molar-refractivity contribution in [3.8, 4) is 0 Å². The van der Waals surface area contributed by atoms with Crippen molar-refractivity contribution in [1.29, 1.82) is 0 Å². The van der Waals surface area contributed by atoms with Crippen molar-refractivity contribution in [2.45, 2.75) is 71.1 Å². The Kier molecular flexibility index (Phi) is 12.3. The van der Waals surface area contributed by atoms with Crippen molar-refractivity contribution in [3.05, 3.63) is 0 Å². The maximum Gasteiger partial charge on any atom is 0.322 e. The number of unbranched alkanes of at least 4 members (excludes halogenated alkanes) is 9. The number of nitrogens with two attached hydrogens (primary N) is 1. The molecule has 0 spiro atoms. The molecule has 0 aromatic carbocycles. The maximum absolute atomic E-state index is 11.0. The van der Waals surface area contributed by atoms with E-state index < -0.39 is 12.1 Å². The molecule has 112 valence electrons. The lowest BCUT2D eigenvalue weighted by atomic mass is 10.1. The Labute approximate surface area is 116 Å². The molecule has 5 nitrogen and oxygen atoms in total. The number of hydrogen-bond acceptors (Lipinski definition) is 2. The molecule has 0 aliphatic rings. The summed E-state index contributed by atoms with van der Waals surface area (Å²) in [5, 5.41) is 4.56. The summed E-state index contributed by atoms with van der Waals surface area (Å²) in [6.07, 6.45) is 12.6. The molecule has 0 aromatic rings. The summed E-state index contributed by atoms with van der Waals surface area (Å²) in [4.78, 5) is 21.4. The zero-order valence-corrected chi connectivity index (χ0v) is 12.2. The van der Waals surface area contributed by atoms with Crippen LogP contribution in [0, 0.1) is 0 Å². The molecule has 5 heteroatoms. The van der Waals surface area contributed by atoms with Crippen LogP contribution in [0.25, 0.3) is 0 Å². The average Bonchev–Trinajstić information content (AvgIpc) is 2.35. The minimum atomic E-state index is -0.819. The molecule has 0 heterocycles. The smallest absolute Gasteiger partial charge is 0.322 e. The SMILES string of the molecule is CCCCCCCCCCCCNC(=O)NC(N)=O. The molecule has 0 saturated carbocycles. The van der Waals surface area contributed by atoms with E-state index in [0.717, 1.165) is 12.8 Å². The van der Waals surface area contributed by atoms with Crippen LogP contribution in [0.4, 0.5) is 9.59 Å². The molecule has 0 atom stereocenters. The Morgan fingerprint density at radius 3 is 1.79 bits per heavy atom. The van der Waals surface area contributed by atoms with Gasteiger partial charge in [0.1, 0.15) is 0 Å². The minimum absolute atomic E-state index is 0.511. The van der Waals surface area contributed by atoms with Gasteiger partial charge in [-0.3, -0.25) is 5.32 Å². The fourth-order valence-electron chi connectivity index (χ4n) is 1.97. The fourth-order valence-corrected chi connectivity index (χ4v) is 1.97. The highest BCUT2D eigenvalue weighted by atomic mass is 16.2. The van der Waals surface area contributed by atoms with E-state index in [9.17, 15) is 9.59 Å². The van der Waals surface area contributed by atoms with E-state index in [0.29, 0.717) is 6.54 Å². The molecule has 4 amide bonds. The number of carbonyl (C=O) groups is 2. The molecule has 4 N–H and O–H groups in total. The number of amides is 4. The van der Waals surface area contributed by atoms with Gasteiger partial charge in [-0.2, -0.15) is 0 Å². The second kappa shape index (κ2) is 13.2. The number of urea groups is 2. The Morgan fingerprint density at radius 1 is 0.842 bits per heavy atom. The molecule has 0 fully saturated rings. The third kappa shape index (κ3) is 14.7. The van der Waals surface area contributed by atoms with Crippen LogP contribution in [0.3, 0.4) is 0 Å². The van der Waals surface area contributed by atoms with E-state index in [2.05, 4.69) is 12.2 Å². The van der Waals surface area contributed by atoms with E-state index in [-0.39, 0.29) is 0 Å². The first-order valence-corrected chi connectivity index (χ1v) is 7.51. The Bertz CT molecular complexity index is 245. The van der Waals surface area contributed by atoms with Crippen LogP contribution in [-0.4, -0.2) is 18.6 Å². The van der Waals surface area contributed by atoms with Gasteiger partial charge in [-0.15, -0.1) is 0 Å². The van der Waals surface area contributed by atoms with Crippen LogP contribution in [0.2, 0.25) is 0 Å². The van der Waals surface area contributed by atoms with E-state index >= 15 is 0 Å². The van der Waals surface area contributed by atoms with Gasteiger partial charge < -0.3 is 11.1 Å². The Balaban J connectivity index is 3.10. The van der Waals surface area contributed by atoms with E-state index in [1.807, 2.05) is 5.32 Å². The molecule has 19 heavy (non-hydrogen) atoms. The van der Waals surface area contributed by atoms with Crippen molar-refractivity contribution >= 4 is 12.1 Å². The summed E-state index contributed by atoms with van der Waals surface area (Å²) in [5.41, 5.74) is 4.81. The summed E-state index contributed by atoms with van der Waals surface area (Å²) in [5.74, 6) is 0. The first-order valence-electron chi connectivity index (χ1n) is 7.51. The van der Waals surface area contributed by atoms with Crippen LogP contribution >= 0.6 is 0 Å². The highest BCUT2D eigenvalue weighted by Gasteiger charge is 2.01. The predicted molar refractivity (Wildman–Crippen MR) is 78.0 cm³/mol. The lowest BCUT2D eigenvalue weighted by Gasteiger charge is -2.05. The third-order valence-electron chi connectivity index (χ3n) is 3.05. The third-order valence-corrected chi connectivity index (χ3v) is 3.05. The predicted octanol–water partition coefficient (Wildman–Crippen LogP) is 3.29. The normalized spacial score (nSPS) is 10.2. The first kappa shape index (κ1) is 17.7. The average molecular weight is 271 g/mol. The second-order valence-electron chi connectivity index (χ2n) is 4.93. The van der Waals surface area contributed by atoms with Crippen molar-refractivity contribution < 1.29 is 9.59 Å². The fraction of sp³-hybridized carbons (Fsp3) is 0.857. The van der Waals surface area contributed by atoms with Crippen LogP contribution < -0.4 is 16.4 Å². The van der Waals surface area contributed by atoms with Gasteiger partial charge in [-0.25, -0.2) is 9.59 Å². The van der Waals surface area contributed by atoms with Gasteiger partial charge in [0, 0.05) is 6.54 Å². The highest BCUT2D eigenvalue weighted by molar-refractivity contribution is 5.92. The molecular formula is C14H29N3O2. The number of carbonyl (C=O) groups excluding carboxylic acids is 2. The number of rotatable bonds is 11. The van der Waals surface area contributed by atoms with Crippen LogP contribution in [0.15, 0.2) is 0 Å². The number of primary amides is 1. The Morgan fingerprint density at radius 2 is 1.32 bits per heavy atom. The molecule has 0 aromatic heterocycles. The maximum atomic E-state index is 11.0. The van der Waals surface area contributed by atoms with Crippen LogP contribution in [0.5, 0.6) is 0 Å². The van der Waals surface area contributed by atoms with Gasteiger partial charge in [0.15, 0.2) is 0 Å². The standard InChI is InChI=1S/C14H29N3O2/c1-2-3-4-5-6-7-8-9-10-11-12-16-14(19)17-13(15)18/h2-12H2,1H3,(H4,15,16,17,18,19). The van der Waals surface area contributed by atoms with Crippen LogP contribution in [0.1, 0.15) is 71.1 Å². The van der Waals surface area contributed by atoms with Crippen LogP contribution in [-0.2, 0) is 0 Å². The van der Waals surface area contributed by atoms with Crippen molar-refractivity contribution in [2.24, 2.45) is 5.73 Å². The van der Waals surface area contributed by atoms with E-state index in [1.54, 1.807) is 0 Å². The summed E-state index contributed by atoms with van der Waals surface area (Å²) in [7, 11) is 0. The van der Waals surface area contributed by atoms with Crippen molar-refractivity contribution in [2.75, 3.05) is 6.54 Å². The van der Waals surface area contributed by atoms with E-state index in [4.69, 9.17) is 5.73 Å². The first-order chi connectivity index (χ1) is 9.16. The quantitative estimate of drug-likeness (QED) is 0.504. The summed E-state index contributed by atoms with van der Waals surface area (Å²) in [6.45, 7) is 2.83. The molecule has 0 aliphatic heterocycles. The summed E-state index contributed by atoms with van der Waals surface area (Å²) >= 11 is 0. The lowest BCUT2D eigenvalue weighted by Crippen LogP contribution is -2.42. The van der Waals surface area contributed by atoms with E-state index in [1.165, 1.54) is 51.4 Å². The topological polar surface area (TPSA) is 84.2 Å². The molecule has 0 radical (unpaired) electrons. The molecular weight excluding hydrogens is 242 g/mol. The summed E-state index contributed by atoms with van der Waals surface area (Å²) in [6, 6.07) is -1.33.